The number of aromatic nitrogens is 4. The van der Waals surface area contributed by atoms with Gasteiger partial charge in [0.2, 0.25) is 5.95 Å². The number of nitrogens with zero attached hydrogens (tertiary/aromatic N) is 5. The van der Waals surface area contributed by atoms with Crippen LogP contribution in [-0.4, -0.2) is 32.8 Å². The number of allylic oxidation sites excluding steroid dienone is 1. The van der Waals surface area contributed by atoms with Gasteiger partial charge in [-0.15, -0.1) is 0 Å². The number of ether oxygens (including phenoxy) is 1. The maximum Gasteiger partial charge on any atom is 0.285 e. The van der Waals surface area contributed by atoms with Gasteiger partial charge in [0.15, 0.2) is 11.9 Å². The van der Waals surface area contributed by atoms with Crippen LogP contribution >= 0.6 is 0 Å². The lowest BCUT2D eigenvalue weighted by Gasteiger charge is -2.23. The van der Waals surface area contributed by atoms with E-state index < -0.39 is 6.23 Å². The zero-order chi connectivity index (χ0) is 17.6. The quantitative estimate of drug-likeness (QED) is 0.662. The van der Waals surface area contributed by atoms with E-state index in [1.165, 1.54) is 23.0 Å². The molecule has 0 aliphatic carbocycles. The van der Waals surface area contributed by atoms with Gasteiger partial charge in [-0.1, -0.05) is 18.2 Å². The Kier molecular flexibility index (Phi) is 3.52. The van der Waals surface area contributed by atoms with Gasteiger partial charge in [0.1, 0.15) is 5.39 Å². The third-order valence-corrected chi connectivity index (χ3v) is 4.01. The van der Waals surface area contributed by atoms with Crippen molar-refractivity contribution in [1.82, 2.24) is 19.4 Å². The predicted octanol–water partition coefficient (Wildman–Crippen LogP) is 0.696. The van der Waals surface area contributed by atoms with Crippen LogP contribution < -0.4 is 21.8 Å². The standard InChI is InChI=1S/C16H17N7O2/c1-10-8-13(25-2)21(17)16-19-14-12(15(24)23(16)20-10)9-18-22(14)11-6-4-3-5-7-11/h3-9,13,20H,17H2,1-2H3. The molecule has 1 aromatic carbocycles. The SMILES string of the molecule is COC1C=C(C)Nn2c(nc3c(cnn3-c3ccccc3)c2=O)N1N. The summed E-state index contributed by atoms with van der Waals surface area (Å²) in [6.07, 6.45) is 2.71. The number of nitrogens with two attached hydrogens (primary N) is 1. The molecule has 128 valence electrons. The molecule has 9 heteroatoms. The summed E-state index contributed by atoms with van der Waals surface area (Å²) >= 11 is 0. The van der Waals surface area contributed by atoms with E-state index in [0.717, 1.165) is 11.4 Å². The highest BCUT2D eigenvalue weighted by atomic mass is 16.5. The fourth-order valence-electron chi connectivity index (χ4n) is 2.79. The summed E-state index contributed by atoms with van der Waals surface area (Å²) < 4.78 is 8.27. The van der Waals surface area contributed by atoms with E-state index in [1.54, 1.807) is 10.8 Å². The molecule has 1 atom stereocenters. The highest BCUT2D eigenvalue weighted by molar-refractivity contribution is 5.77. The molecule has 0 fully saturated rings. The number of hydrogen-bond acceptors (Lipinski definition) is 7. The summed E-state index contributed by atoms with van der Waals surface area (Å²) in [4.78, 5) is 17.5. The number of methoxy groups -OCH3 is 1. The van der Waals surface area contributed by atoms with Gasteiger partial charge in [-0.05, 0) is 25.1 Å². The van der Waals surface area contributed by atoms with Crippen molar-refractivity contribution in [2.45, 2.75) is 13.2 Å². The molecule has 0 saturated heterocycles. The van der Waals surface area contributed by atoms with E-state index in [9.17, 15) is 4.79 Å². The van der Waals surface area contributed by atoms with E-state index in [0.29, 0.717) is 11.0 Å². The lowest BCUT2D eigenvalue weighted by Crippen LogP contribution is -2.44. The second-order valence-electron chi connectivity index (χ2n) is 5.68. The van der Waals surface area contributed by atoms with Crippen LogP contribution in [0.2, 0.25) is 0 Å². The Labute approximate surface area is 142 Å². The average molecular weight is 339 g/mol. The molecule has 0 amide bonds. The van der Waals surface area contributed by atoms with Gasteiger partial charge in [-0.3, -0.25) is 10.2 Å². The fourth-order valence-corrected chi connectivity index (χ4v) is 2.79. The summed E-state index contributed by atoms with van der Waals surface area (Å²) in [7, 11) is 1.54. The molecule has 1 unspecified atom stereocenters. The maximum atomic E-state index is 12.9. The van der Waals surface area contributed by atoms with Crippen LogP contribution in [0.3, 0.4) is 0 Å². The van der Waals surface area contributed by atoms with Crippen LogP contribution in [0.4, 0.5) is 5.95 Å². The van der Waals surface area contributed by atoms with Crippen molar-refractivity contribution < 1.29 is 4.74 Å². The Bertz CT molecular complexity index is 1020. The molecule has 0 bridgehead atoms. The van der Waals surface area contributed by atoms with Crippen molar-refractivity contribution in [2.75, 3.05) is 17.5 Å². The van der Waals surface area contributed by atoms with Crippen LogP contribution in [0.15, 0.2) is 53.1 Å². The third-order valence-electron chi connectivity index (χ3n) is 4.01. The van der Waals surface area contributed by atoms with Crippen molar-refractivity contribution in [1.29, 1.82) is 0 Å². The minimum atomic E-state index is -0.557. The molecule has 3 heterocycles. The number of rotatable bonds is 2. The van der Waals surface area contributed by atoms with E-state index in [-0.39, 0.29) is 11.5 Å². The van der Waals surface area contributed by atoms with E-state index in [4.69, 9.17) is 10.6 Å². The van der Waals surface area contributed by atoms with Crippen LogP contribution in [0.5, 0.6) is 0 Å². The summed E-state index contributed by atoms with van der Waals surface area (Å²) in [6.45, 7) is 1.82. The maximum absolute atomic E-state index is 12.9. The van der Waals surface area contributed by atoms with E-state index in [1.807, 2.05) is 37.3 Å². The van der Waals surface area contributed by atoms with Crippen LogP contribution in [-0.2, 0) is 4.74 Å². The Morgan fingerprint density at radius 1 is 1.28 bits per heavy atom. The van der Waals surface area contributed by atoms with Crippen molar-refractivity contribution in [3.05, 3.63) is 58.7 Å². The van der Waals surface area contributed by atoms with Gasteiger partial charge in [0, 0.05) is 12.8 Å². The number of para-hydroxylation sites is 1. The monoisotopic (exact) mass is 339 g/mol. The average Bonchev–Trinajstić information content (AvgIpc) is 3.01. The van der Waals surface area contributed by atoms with Crippen molar-refractivity contribution in [3.63, 3.8) is 0 Å². The molecule has 0 saturated carbocycles. The number of nitrogens with one attached hydrogen (secondary N) is 1. The lowest BCUT2D eigenvalue weighted by molar-refractivity contribution is 0.135. The topological polar surface area (TPSA) is 103 Å². The summed E-state index contributed by atoms with van der Waals surface area (Å²) in [5.74, 6) is 6.38. The first-order chi connectivity index (χ1) is 12.1. The van der Waals surface area contributed by atoms with Gasteiger partial charge in [0.05, 0.1) is 11.9 Å². The highest BCUT2D eigenvalue weighted by Gasteiger charge is 2.25. The molecule has 3 N–H and O–H groups in total. The largest absolute Gasteiger partial charge is 0.356 e. The molecule has 1 aliphatic heterocycles. The molecule has 4 rings (SSSR count). The number of anilines is 1. The summed E-state index contributed by atoms with van der Waals surface area (Å²) in [5, 5.41) is 6.00. The van der Waals surface area contributed by atoms with Gasteiger partial charge in [-0.25, -0.2) is 15.5 Å². The predicted molar refractivity (Wildman–Crippen MR) is 93.7 cm³/mol. The number of benzene rings is 1. The van der Waals surface area contributed by atoms with Gasteiger partial charge < -0.3 is 4.74 Å². The zero-order valence-electron chi connectivity index (χ0n) is 13.7. The molecule has 9 nitrogen and oxygen atoms in total. The van der Waals surface area contributed by atoms with Gasteiger partial charge >= 0.3 is 0 Å². The Hall–Kier alpha value is -3.17. The Morgan fingerprint density at radius 3 is 2.76 bits per heavy atom. The third kappa shape index (κ3) is 2.37. The molecule has 25 heavy (non-hydrogen) atoms. The number of fused-ring (bicyclic) bond motifs is 2. The minimum absolute atomic E-state index is 0.232. The Balaban J connectivity index is 1.99. The van der Waals surface area contributed by atoms with E-state index in [2.05, 4.69) is 15.5 Å². The van der Waals surface area contributed by atoms with Gasteiger partial charge in [-0.2, -0.15) is 14.8 Å². The molecule has 3 aromatic rings. The van der Waals surface area contributed by atoms with Crippen LogP contribution in [0, 0.1) is 0 Å². The summed E-state index contributed by atoms with van der Waals surface area (Å²) in [5.41, 5.74) is 4.65. The van der Waals surface area contributed by atoms with E-state index >= 15 is 0 Å². The first kappa shape index (κ1) is 15.4. The zero-order valence-corrected chi connectivity index (χ0v) is 13.7. The molecule has 1 aliphatic rings. The number of hydrogen-bond donors (Lipinski definition) is 2. The van der Waals surface area contributed by atoms with Crippen LogP contribution in [0.1, 0.15) is 6.92 Å². The van der Waals surface area contributed by atoms with Crippen molar-refractivity contribution >= 4 is 17.0 Å². The van der Waals surface area contributed by atoms with Crippen LogP contribution in [0.25, 0.3) is 16.7 Å². The normalized spacial score (nSPS) is 17.0. The summed E-state index contributed by atoms with van der Waals surface area (Å²) in [6, 6.07) is 9.47. The molecule has 0 radical (unpaired) electrons. The smallest absolute Gasteiger partial charge is 0.285 e. The lowest BCUT2D eigenvalue weighted by atomic mass is 10.3. The first-order valence-electron chi connectivity index (χ1n) is 7.68. The van der Waals surface area contributed by atoms with Crippen molar-refractivity contribution in [2.24, 2.45) is 5.84 Å². The number of hydrazine groups is 1. The molecule has 0 spiro atoms. The highest BCUT2D eigenvalue weighted by Crippen LogP contribution is 2.20. The Morgan fingerprint density at radius 2 is 2.04 bits per heavy atom. The van der Waals surface area contributed by atoms with Gasteiger partial charge in [0.25, 0.3) is 5.56 Å². The van der Waals surface area contributed by atoms with Crippen molar-refractivity contribution in [3.8, 4) is 5.69 Å². The first-order valence-corrected chi connectivity index (χ1v) is 7.68. The molecule has 2 aromatic heterocycles. The second kappa shape index (κ2) is 5.72. The molecular weight excluding hydrogens is 322 g/mol. The molecular formula is C16H17N7O2. The second-order valence-corrected chi connectivity index (χ2v) is 5.68. The fraction of sp³-hybridized carbons (Fsp3) is 0.188. The minimum Gasteiger partial charge on any atom is -0.356 e.